The minimum absolute atomic E-state index is 0.260. The number of nitrogens with zero attached hydrogens (tertiary/aromatic N) is 2. The van der Waals surface area contributed by atoms with Crippen molar-refractivity contribution in [3.05, 3.63) is 95.6 Å². The summed E-state index contributed by atoms with van der Waals surface area (Å²) in [7, 11) is 0. The standard InChI is InChI=1S/C30H37N3O2S/c1-3-34-27-16-15-24(23-28(27)35-4-2)17-18-31-30(36)33-21-19-32(20-22-33)29(25-11-7-5-8-12-25)26-13-9-6-10-14-26/h5-16,23,29H,3-4,17-22H2,1-2H3,(H,31,36). The summed E-state index contributed by atoms with van der Waals surface area (Å²) in [5.74, 6) is 1.61. The second-order valence-electron chi connectivity index (χ2n) is 8.88. The Labute approximate surface area is 221 Å². The molecule has 3 aromatic rings. The van der Waals surface area contributed by atoms with Gasteiger partial charge in [0, 0.05) is 32.7 Å². The fourth-order valence-corrected chi connectivity index (χ4v) is 5.03. The second kappa shape index (κ2) is 13.3. The monoisotopic (exact) mass is 503 g/mol. The number of hydrogen-bond donors (Lipinski definition) is 1. The quantitative estimate of drug-likeness (QED) is 0.378. The number of hydrogen-bond acceptors (Lipinski definition) is 4. The molecule has 3 aromatic carbocycles. The van der Waals surface area contributed by atoms with E-state index in [0.29, 0.717) is 13.2 Å². The summed E-state index contributed by atoms with van der Waals surface area (Å²) in [6, 6.07) is 28.0. The Morgan fingerprint density at radius 3 is 1.97 bits per heavy atom. The molecule has 1 fully saturated rings. The van der Waals surface area contributed by atoms with Crippen molar-refractivity contribution in [2.24, 2.45) is 0 Å². The van der Waals surface area contributed by atoms with E-state index < -0.39 is 0 Å². The van der Waals surface area contributed by atoms with Crippen molar-refractivity contribution in [1.29, 1.82) is 0 Å². The van der Waals surface area contributed by atoms with Crippen LogP contribution in [0.15, 0.2) is 78.9 Å². The first-order chi connectivity index (χ1) is 17.7. The Balaban J connectivity index is 1.30. The summed E-state index contributed by atoms with van der Waals surface area (Å²) in [6.07, 6.45) is 0.872. The van der Waals surface area contributed by atoms with Gasteiger partial charge in [0.2, 0.25) is 0 Å². The van der Waals surface area contributed by atoms with E-state index >= 15 is 0 Å². The normalized spacial score (nSPS) is 14.0. The Hall–Kier alpha value is -3.09. The summed E-state index contributed by atoms with van der Waals surface area (Å²) in [5, 5.41) is 4.30. The van der Waals surface area contributed by atoms with E-state index in [1.54, 1.807) is 0 Å². The summed E-state index contributed by atoms with van der Waals surface area (Å²) in [5.41, 5.74) is 3.87. The van der Waals surface area contributed by atoms with E-state index in [1.807, 2.05) is 19.9 Å². The molecule has 0 aromatic heterocycles. The van der Waals surface area contributed by atoms with Crippen LogP contribution in [-0.2, 0) is 6.42 Å². The topological polar surface area (TPSA) is 37.0 Å². The van der Waals surface area contributed by atoms with Gasteiger partial charge in [-0.05, 0) is 61.3 Å². The van der Waals surface area contributed by atoms with Gasteiger partial charge in [-0.3, -0.25) is 4.90 Å². The SMILES string of the molecule is CCOc1ccc(CCNC(=S)N2CCN(C(c3ccccc3)c3ccccc3)CC2)cc1OCC. The van der Waals surface area contributed by atoms with Gasteiger partial charge in [0.25, 0.3) is 0 Å². The van der Waals surface area contributed by atoms with Gasteiger partial charge < -0.3 is 19.7 Å². The number of benzene rings is 3. The van der Waals surface area contributed by atoms with Crippen molar-refractivity contribution in [2.45, 2.75) is 26.3 Å². The molecule has 0 amide bonds. The van der Waals surface area contributed by atoms with Gasteiger partial charge >= 0.3 is 0 Å². The fourth-order valence-electron chi connectivity index (χ4n) is 4.74. The molecular weight excluding hydrogens is 466 g/mol. The highest BCUT2D eigenvalue weighted by Crippen LogP contribution is 2.30. The first-order valence-corrected chi connectivity index (χ1v) is 13.4. The first-order valence-electron chi connectivity index (χ1n) is 12.9. The molecule has 0 spiro atoms. The maximum atomic E-state index is 5.76. The first kappa shape index (κ1) is 26.0. The molecule has 1 saturated heterocycles. The van der Waals surface area contributed by atoms with Crippen molar-refractivity contribution in [2.75, 3.05) is 45.9 Å². The molecule has 1 heterocycles. The zero-order valence-corrected chi connectivity index (χ0v) is 22.2. The maximum absolute atomic E-state index is 5.76. The number of nitrogens with one attached hydrogen (secondary N) is 1. The molecule has 0 aliphatic carbocycles. The van der Waals surface area contributed by atoms with Crippen LogP contribution in [0.5, 0.6) is 11.5 Å². The summed E-state index contributed by atoms with van der Waals surface area (Å²) < 4.78 is 11.4. The van der Waals surface area contributed by atoms with E-state index in [4.69, 9.17) is 21.7 Å². The molecule has 5 nitrogen and oxygen atoms in total. The molecule has 1 N–H and O–H groups in total. The molecule has 6 heteroatoms. The van der Waals surface area contributed by atoms with Gasteiger partial charge in [0.05, 0.1) is 19.3 Å². The van der Waals surface area contributed by atoms with Crippen LogP contribution in [0, 0.1) is 0 Å². The summed E-state index contributed by atoms with van der Waals surface area (Å²) in [4.78, 5) is 4.86. The third-order valence-electron chi connectivity index (χ3n) is 6.49. The molecule has 0 atom stereocenters. The lowest BCUT2D eigenvalue weighted by Crippen LogP contribution is -2.52. The molecule has 36 heavy (non-hydrogen) atoms. The zero-order valence-electron chi connectivity index (χ0n) is 21.4. The van der Waals surface area contributed by atoms with Gasteiger partial charge in [0.15, 0.2) is 16.6 Å². The molecule has 0 saturated carbocycles. The molecule has 4 rings (SSSR count). The van der Waals surface area contributed by atoms with Crippen LogP contribution in [0.1, 0.15) is 36.6 Å². The largest absolute Gasteiger partial charge is 0.490 e. The molecule has 1 aliphatic heterocycles. The maximum Gasteiger partial charge on any atom is 0.169 e. The van der Waals surface area contributed by atoms with Crippen LogP contribution in [0.25, 0.3) is 0 Å². The van der Waals surface area contributed by atoms with E-state index in [0.717, 1.165) is 55.8 Å². The molecule has 0 radical (unpaired) electrons. The lowest BCUT2D eigenvalue weighted by atomic mass is 9.96. The number of rotatable bonds is 10. The van der Waals surface area contributed by atoms with E-state index in [9.17, 15) is 0 Å². The van der Waals surface area contributed by atoms with Gasteiger partial charge in [-0.2, -0.15) is 0 Å². The van der Waals surface area contributed by atoms with Crippen molar-refractivity contribution in [1.82, 2.24) is 15.1 Å². The highest BCUT2D eigenvalue weighted by atomic mass is 32.1. The van der Waals surface area contributed by atoms with Crippen LogP contribution < -0.4 is 14.8 Å². The molecular formula is C30H37N3O2S. The number of ether oxygens (including phenoxy) is 2. The van der Waals surface area contributed by atoms with Crippen LogP contribution in [0.3, 0.4) is 0 Å². The minimum atomic E-state index is 0.260. The third-order valence-corrected chi connectivity index (χ3v) is 6.90. The van der Waals surface area contributed by atoms with Gasteiger partial charge in [-0.25, -0.2) is 0 Å². The van der Waals surface area contributed by atoms with Crippen LogP contribution >= 0.6 is 12.2 Å². The van der Waals surface area contributed by atoms with Crippen molar-refractivity contribution in [3.8, 4) is 11.5 Å². The minimum Gasteiger partial charge on any atom is -0.490 e. The summed E-state index contributed by atoms with van der Waals surface area (Å²) >= 11 is 5.75. The van der Waals surface area contributed by atoms with E-state index in [2.05, 4.69) is 87.9 Å². The van der Waals surface area contributed by atoms with E-state index in [-0.39, 0.29) is 6.04 Å². The lowest BCUT2D eigenvalue weighted by molar-refractivity contribution is 0.149. The van der Waals surface area contributed by atoms with Gasteiger partial charge in [0.1, 0.15) is 0 Å². The molecule has 0 bridgehead atoms. The average Bonchev–Trinajstić information content (AvgIpc) is 2.92. The van der Waals surface area contributed by atoms with E-state index in [1.165, 1.54) is 16.7 Å². The molecule has 0 unspecified atom stereocenters. The Morgan fingerprint density at radius 2 is 1.39 bits per heavy atom. The lowest BCUT2D eigenvalue weighted by Gasteiger charge is -2.40. The Kier molecular flexibility index (Phi) is 9.59. The summed E-state index contributed by atoms with van der Waals surface area (Å²) in [6.45, 7) is 9.77. The smallest absolute Gasteiger partial charge is 0.169 e. The van der Waals surface area contributed by atoms with Crippen molar-refractivity contribution < 1.29 is 9.47 Å². The predicted octanol–water partition coefficient (Wildman–Crippen LogP) is 5.31. The third kappa shape index (κ3) is 6.77. The molecule has 190 valence electrons. The zero-order chi connectivity index (χ0) is 25.2. The number of thiocarbonyl (C=S) groups is 1. The van der Waals surface area contributed by atoms with Crippen LogP contribution in [0.2, 0.25) is 0 Å². The van der Waals surface area contributed by atoms with Gasteiger partial charge in [-0.15, -0.1) is 0 Å². The second-order valence-corrected chi connectivity index (χ2v) is 9.26. The Morgan fingerprint density at radius 1 is 0.806 bits per heavy atom. The average molecular weight is 504 g/mol. The number of piperazine rings is 1. The highest BCUT2D eigenvalue weighted by molar-refractivity contribution is 7.80. The predicted molar refractivity (Wildman–Crippen MR) is 151 cm³/mol. The fraction of sp³-hybridized carbons (Fsp3) is 0.367. The highest BCUT2D eigenvalue weighted by Gasteiger charge is 2.27. The van der Waals surface area contributed by atoms with Gasteiger partial charge in [-0.1, -0.05) is 66.7 Å². The van der Waals surface area contributed by atoms with Crippen molar-refractivity contribution in [3.63, 3.8) is 0 Å². The Bertz CT molecular complexity index is 1050. The molecule has 1 aliphatic rings. The van der Waals surface area contributed by atoms with Crippen LogP contribution in [-0.4, -0.2) is 60.8 Å². The van der Waals surface area contributed by atoms with Crippen molar-refractivity contribution >= 4 is 17.3 Å². The van der Waals surface area contributed by atoms with Crippen LogP contribution in [0.4, 0.5) is 0 Å².